The standard InChI is InChI=1S/C20H17F3O5S/c1-27-19(24)16-9-6-13(7-10-16)5-8-14-3-2-4-15-11-12-17(18(14)15)28-29(25,26)20(21,22)23/h2-4,6-7,9-10,12H,5,8,11H2,1H3. The Kier molecular flexibility index (Phi) is 5.70. The van der Waals surface area contributed by atoms with E-state index in [1.807, 2.05) is 0 Å². The van der Waals surface area contributed by atoms with Crippen molar-refractivity contribution in [1.82, 2.24) is 0 Å². The molecule has 0 amide bonds. The second-order valence-electron chi connectivity index (χ2n) is 6.40. The van der Waals surface area contributed by atoms with Crippen molar-refractivity contribution < 1.29 is 35.3 Å². The quantitative estimate of drug-likeness (QED) is 0.396. The molecule has 0 bridgehead atoms. The van der Waals surface area contributed by atoms with Gasteiger partial charge in [0.15, 0.2) is 0 Å². The van der Waals surface area contributed by atoms with Gasteiger partial charge in [0, 0.05) is 5.56 Å². The number of fused-ring (bicyclic) bond motifs is 1. The third-order valence-electron chi connectivity index (χ3n) is 4.53. The first-order valence-corrected chi connectivity index (χ1v) is 10.0. The molecule has 0 fully saturated rings. The lowest BCUT2D eigenvalue weighted by atomic mass is 9.96. The summed E-state index contributed by atoms with van der Waals surface area (Å²) in [5.74, 6) is -0.746. The molecule has 3 rings (SSSR count). The fraction of sp³-hybridized carbons (Fsp3) is 0.250. The van der Waals surface area contributed by atoms with Gasteiger partial charge in [0.2, 0.25) is 0 Å². The first kappa shape index (κ1) is 20.9. The molecule has 9 heteroatoms. The summed E-state index contributed by atoms with van der Waals surface area (Å²) < 4.78 is 69.8. The van der Waals surface area contributed by atoms with Gasteiger partial charge in [-0.1, -0.05) is 30.3 Å². The van der Waals surface area contributed by atoms with E-state index in [-0.39, 0.29) is 5.76 Å². The highest BCUT2D eigenvalue weighted by molar-refractivity contribution is 7.87. The molecule has 0 aromatic heterocycles. The number of rotatable bonds is 6. The van der Waals surface area contributed by atoms with Gasteiger partial charge < -0.3 is 8.92 Å². The third-order valence-corrected chi connectivity index (χ3v) is 5.50. The van der Waals surface area contributed by atoms with Gasteiger partial charge in [-0.3, -0.25) is 0 Å². The van der Waals surface area contributed by atoms with Crippen LogP contribution in [0.15, 0.2) is 48.5 Å². The molecule has 0 atom stereocenters. The molecule has 29 heavy (non-hydrogen) atoms. The lowest BCUT2D eigenvalue weighted by Gasteiger charge is -2.14. The molecule has 0 aliphatic heterocycles. The van der Waals surface area contributed by atoms with Crippen LogP contribution in [-0.4, -0.2) is 27.0 Å². The molecular formula is C20H17F3O5S. The minimum absolute atomic E-state index is 0.291. The van der Waals surface area contributed by atoms with E-state index < -0.39 is 21.6 Å². The fourth-order valence-corrected chi connectivity index (χ4v) is 3.58. The van der Waals surface area contributed by atoms with E-state index in [9.17, 15) is 26.4 Å². The molecule has 0 radical (unpaired) electrons. The van der Waals surface area contributed by atoms with Crippen LogP contribution in [-0.2, 0) is 38.3 Å². The maximum atomic E-state index is 12.7. The van der Waals surface area contributed by atoms with Gasteiger partial charge in [-0.25, -0.2) is 4.79 Å². The van der Waals surface area contributed by atoms with Gasteiger partial charge in [-0.15, -0.1) is 0 Å². The molecule has 0 saturated heterocycles. The van der Waals surface area contributed by atoms with Crippen molar-refractivity contribution in [2.45, 2.75) is 24.8 Å². The van der Waals surface area contributed by atoms with Gasteiger partial charge in [0.25, 0.3) is 0 Å². The molecule has 0 heterocycles. The number of methoxy groups -OCH3 is 1. The SMILES string of the molecule is COC(=O)c1ccc(CCc2cccc3c2C(OS(=O)(=O)C(F)(F)F)=CC3)cc1. The number of ether oxygens (including phenoxy) is 1. The van der Waals surface area contributed by atoms with Gasteiger partial charge in [-0.05, 0) is 54.2 Å². The number of alkyl halides is 3. The predicted molar refractivity (Wildman–Crippen MR) is 99.4 cm³/mol. The molecular weight excluding hydrogens is 409 g/mol. The lowest BCUT2D eigenvalue weighted by Crippen LogP contribution is -2.25. The Morgan fingerprint density at radius 3 is 2.38 bits per heavy atom. The van der Waals surface area contributed by atoms with Crippen LogP contribution in [0.1, 0.15) is 32.6 Å². The highest BCUT2D eigenvalue weighted by Gasteiger charge is 2.49. The van der Waals surface area contributed by atoms with Crippen LogP contribution >= 0.6 is 0 Å². The molecule has 2 aromatic rings. The van der Waals surface area contributed by atoms with E-state index in [1.165, 1.54) is 13.2 Å². The maximum Gasteiger partial charge on any atom is 0.534 e. The van der Waals surface area contributed by atoms with E-state index in [4.69, 9.17) is 0 Å². The summed E-state index contributed by atoms with van der Waals surface area (Å²) in [7, 11) is -4.45. The highest BCUT2D eigenvalue weighted by Crippen LogP contribution is 2.36. The second kappa shape index (κ2) is 7.90. The zero-order valence-electron chi connectivity index (χ0n) is 15.3. The van der Waals surface area contributed by atoms with Crippen LogP contribution in [0.3, 0.4) is 0 Å². The Bertz CT molecular complexity index is 1050. The van der Waals surface area contributed by atoms with Crippen molar-refractivity contribution in [3.8, 4) is 0 Å². The normalized spacial score (nSPS) is 13.6. The summed E-state index contributed by atoms with van der Waals surface area (Å²) >= 11 is 0. The molecule has 0 N–H and O–H groups in total. The predicted octanol–water partition coefficient (Wildman–Crippen LogP) is 4.02. The molecule has 154 valence electrons. The number of allylic oxidation sites excluding steroid dienone is 1. The van der Waals surface area contributed by atoms with E-state index in [2.05, 4.69) is 8.92 Å². The second-order valence-corrected chi connectivity index (χ2v) is 7.93. The first-order valence-electron chi connectivity index (χ1n) is 8.61. The maximum absolute atomic E-state index is 12.7. The largest absolute Gasteiger partial charge is 0.534 e. The minimum Gasteiger partial charge on any atom is -0.465 e. The van der Waals surface area contributed by atoms with Crippen molar-refractivity contribution in [3.05, 3.63) is 76.4 Å². The van der Waals surface area contributed by atoms with Crippen LogP contribution in [0.2, 0.25) is 0 Å². The van der Waals surface area contributed by atoms with Crippen LogP contribution in [0.4, 0.5) is 13.2 Å². The summed E-state index contributed by atoms with van der Waals surface area (Å²) in [6.07, 6.45) is 2.62. The molecule has 1 aliphatic rings. The molecule has 1 aliphatic carbocycles. The Balaban J connectivity index is 1.79. The molecule has 5 nitrogen and oxygen atoms in total. The number of esters is 1. The van der Waals surface area contributed by atoms with Crippen molar-refractivity contribution in [2.24, 2.45) is 0 Å². The van der Waals surface area contributed by atoms with E-state index >= 15 is 0 Å². The van der Waals surface area contributed by atoms with Gasteiger partial charge >= 0.3 is 21.6 Å². The van der Waals surface area contributed by atoms with E-state index in [1.54, 1.807) is 42.5 Å². The Morgan fingerprint density at radius 1 is 1.07 bits per heavy atom. The fourth-order valence-electron chi connectivity index (χ4n) is 3.10. The average molecular weight is 426 g/mol. The van der Waals surface area contributed by atoms with Crippen molar-refractivity contribution in [3.63, 3.8) is 0 Å². The van der Waals surface area contributed by atoms with Gasteiger partial charge in [0.1, 0.15) is 5.76 Å². The number of halogens is 3. The van der Waals surface area contributed by atoms with Crippen molar-refractivity contribution in [1.29, 1.82) is 0 Å². The number of aryl methyl sites for hydroxylation is 2. The summed E-state index contributed by atoms with van der Waals surface area (Å²) in [6, 6.07) is 12.0. The minimum atomic E-state index is -5.74. The Morgan fingerprint density at radius 2 is 1.76 bits per heavy atom. The lowest BCUT2D eigenvalue weighted by molar-refractivity contribution is -0.0509. The summed E-state index contributed by atoms with van der Waals surface area (Å²) in [5.41, 5.74) is -2.41. The van der Waals surface area contributed by atoms with Crippen LogP contribution in [0.25, 0.3) is 5.76 Å². The number of hydrogen-bond acceptors (Lipinski definition) is 5. The zero-order valence-corrected chi connectivity index (χ0v) is 16.1. The number of benzene rings is 2. The summed E-state index contributed by atoms with van der Waals surface area (Å²) in [4.78, 5) is 11.5. The van der Waals surface area contributed by atoms with Crippen LogP contribution in [0, 0.1) is 0 Å². The first-order chi connectivity index (χ1) is 13.6. The number of carbonyl (C=O) groups is 1. The summed E-state index contributed by atoms with van der Waals surface area (Å²) in [5, 5.41) is 0. The highest BCUT2D eigenvalue weighted by atomic mass is 32.2. The smallest absolute Gasteiger partial charge is 0.465 e. The number of carbonyl (C=O) groups excluding carboxylic acids is 1. The van der Waals surface area contributed by atoms with E-state index in [0.717, 1.165) is 5.56 Å². The zero-order chi connectivity index (χ0) is 21.2. The van der Waals surface area contributed by atoms with Crippen molar-refractivity contribution in [2.75, 3.05) is 7.11 Å². The van der Waals surface area contributed by atoms with Crippen LogP contribution in [0.5, 0.6) is 0 Å². The monoisotopic (exact) mass is 426 g/mol. The third kappa shape index (κ3) is 4.45. The summed E-state index contributed by atoms with van der Waals surface area (Å²) in [6.45, 7) is 0. The Labute approximate surface area is 165 Å². The average Bonchev–Trinajstić information content (AvgIpc) is 3.08. The molecule has 0 spiro atoms. The molecule has 0 unspecified atom stereocenters. The van der Waals surface area contributed by atoms with Gasteiger partial charge in [-0.2, -0.15) is 21.6 Å². The number of hydrogen-bond donors (Lipinski definition) is 0. The van der Waals surface area contributed by atoms with Gasteiger partial charge in [0.05, 0.1) is 12.7 Å². The van der Waals surface area contributed by atoms with Crippen LogP contribution < -0.4 is 0 Å². The topological polar surface area (TPSA) is 69.7 Å². The van der Waals surface area contributed by atoms with Crippen molar-refractivity contribution >= 4 is 21.8 Å². The molecule has 0 saturated carbocycles. The Hall–Kier alpha value is -2.81. The van der Waals surface area contributed by atoms with E-state index in [0.29, 0.717) is 41.5 Å². The molecule has 2 aromatic carbocycles.